The fourth-order valence-electron chi connectivity index (χ4n) is 0.705. The minimum atomic E-state index is -2.82. The summed E-state index contributed by atoms with van der Waals surface area (Å²) in [7, 11) is 0. The quantitative estimate of drug-likeness (QED) is 0.664. The zero-order chi connectivity index (χ0) is 9.30. The Hall–Kier alpha value is -0.220. The van der Waals surface area contributed by atoms with Crippen molar-refractivity contribution in [2.75, 3.05) is 0 Å². The van der Waals surface area contributed by atoms with E-state index in [0.29, 0.717) is 0 Å². The van der Waals surface area contributed by atoms with Crippen LogP contribution in [0.3, 0.4) is 0 Å². The number of halogens is 5. The van der Waals surface area contributed by atoms with Gasteiger partial charge in [-0.05, 0) is 28.1 Å². The first-order valence-corrected chi connectivity index (χ1v) is 4.12. The van der Waals surface area contributed by atoms with E-state index >= 15 is 0 Å². The van der Waals surface area contributed by atoms with E-state index in [-0.39, 0.29) is 9.50 Å². The average molecular weight is 259 g/mol. The summed E-state index contributed by atoms with van der Waals surface area (Å²) in [5.74, 6) is -0.988. The van der Waals surface area contributed by atoms with Crippen LogP contribution in [0.5, 0.6) is 0 Å². The minimum Gasteiger partial charge on any atom is -0.206 e. The van der Waals surface area contributed by atoms with Crippen LogP contribution in [0.25, 0.3) is 0 Å². The summed E-state index contributed by atoms with van der Waals surface area (Å²) in [6, 6.07) is 1.83. The lowest BCUT2D eigenvalue weighted by Gasteiger charge is -2.03. The Bertz CT molecular complexity index is 301. The maximum atomic E-state index is 12.7. The number of hydrogen-bond donors (Lipinski definition) is 0. The first kappa shape index (κ1) is 9.86. The molecule has 1 aromatic rings. The van der Waals surface area contributed by atoms with Crippen molar-refractivity contribution in [1.82, 2.24) is 0 Å². The highest BCUT2D eigenvalue weighted by atomic mass is 79.9. The van der Waals surface area contributed by atoms with Gasteiger partial charge in [0.1, 0.15) is 5.82 Å². The van der Waals surface area contributed by atoms with Crippen molar-refractivity contribution in [2.45, 2.75) is 6.43 Å². The van der Waals surface area contributed by atoms with E-state index in [1.165, 1.54) is 0 Å². The highest BCUT2D eigenvalue weighted by molar-refractivity contribution is 9.10. The van der Waals surface area contributed by atoms with E-state index in [4.69, 9.17) is 11.6 Å². The molecule has 12 heavy (non-hydrogen) atoms. The van der Waals surface area contributed by atoms with Gasteiger partial charge in [-0.15, -0.1) is 0 Å². The van der Waals surface area contributed by atoms with Crippen molar-refractivity contribution < 1.29 is 13.2 Å². The van der Waals surface area contributed by atoms with E-state index in [9.17, 15) is 13.2 Å². The maximum Gasteiger partial charge on any atom is 0.266 e. The standard InChI is InChI=1S/C7H3BrClF3/c8-4-1-3(7(11)12)6(10)2-5(4)9/h1-2,7H. The molecule has 0 saturated carbocycles. The molecule has 0 aliphatic heterocycles. The molecule has 0 bridgehead atoms. The van der Waals surface area contributed by atoms with Crippen LogP contribution >= 0.6 is 27.5 Å². The van der Waals surface area contributed by atoms with Gasteiger partial charge in [-0.25, -0.2) is 13.2 Å². The van der Waals surface area contributed by atoms with Crippen molar-refractivity contribution in [3.63, 3.8) is 0 Å². The molecule has 0 nitrogen and oxygen atoms in total. The summed E-state index contributed by atoms with van der Waals surface area (Å²) in [5, 5.41) is 0.0805. The van der Waals surface area contributed by atoms with Gasteiger partial charge in [0.05, 0.1) is 10.6 Å². The van der Waals surface area contributed by atoms with Crippen molar-refractivity contribution in [2.24, 2.45) is 0 Å². The molecule has 0 spiro atoms. The fourth-order valence-corrected chi connectivity index (χ4v) is 1.22. The minimum absolute atomic E-state index is 0.0805. The first-order chi connectivity index (χ1) is 5.52. The Morgan fingerprint density at radius 1 is 1.33 bits per heavy atom. The molecule has 0 fully saturated rings. The predicted octanol–water partition coefficient (Wildman–Crippen LogP) is 4.18. The van der Waals surface area contributed by atoms with Crippen LogP contribution in [-0.2, 0) is 0 Å². The number of alkyl halides is 2. The van der Waals surface area contributed by atoms with Gasteiger partial charge < -0.3 is 0 Å². The molecule has 0 unspecified atom stereocenters. The Morgan fingerprint density at radius 2 is 1.92 bits per heavy atom. The van der Waals surface area contributed by atoms with Crippen LogP contribution in [0.1, 0.15) is 12.0 Å². The SMILES string of the molecule is Fc1cc(Cl)c(Br)cc1C(F)F. The average Bonchev–Trinajstić information content (AvgIpc) is 1.96. The molecular weight excluding hydrogens is 256 g/mol. The molecule has 0 N–H and O–H groups in total. The van der Waals surface area contributed by atoms with Gasteiger partial charge in [0, 0.05) is 4.47 Å². The molecule has 0 aromatic heterocycles. The largest absolute Gasteiger partial charge is 0.266 e. The van der Waals surface area contributed by atoms with Crippen LogP contribution in [0.2, 0.25) is 5.02 Å². The molecule has 0 radical (unpaired) electrons. The predicted molar refractivity (Wildman–Crippen MR) is 44.1 cm³/mol. The molecular formula is C7H3BrClF3. The van der Waals surface area contributed by atoms with Gasteiger partial charge in [-0.1, -0.05) is 11.6 Å². The second kappa shape index (κ2) is 3.66. The summed E-state index contributed by atoms with van der Waals surface area (Å²) in [6.07, 6.45) is -2.82. The van der Waals surface area contributed by atoms with Gasteiger partial charge in [0.25, 0.3) is 6.43 Å². The highest BCUT2D eigenvalue weighted by Gasteiger charge is 2.15. The summed E-state index contributed by atoms with van der Waals surface area (Å²) in [6.45, 7) is 0. The lowest BCUT2D eigenvalue weighted by molar-refractivity contribution is 0.146. The van der Waals surface area contributed by atoms with Crippen LogP contribution < -0.4 is 0 Å². The van der Waals surface area contributed by atoms with Crippen LogP contribution in [0, 0.1) is 5.82 Å². The van der Waals surface area contributed by atoms with E-state index in [1.54, 1.807) is 0 Å². The molecule has 0 amide bonds. The molecule has 0 atom stereocenters. The van der Waals surface area contributed by atoms with Crippen LogP contribution in [0.15, 0.2) is 16.6 Å². The molecule has 0 aliphatic carbocycles. The third kappa shape index (κ3) is 1.93. The second-order valence-corrected chi connectivity index (χ2v) is 3.35. The third-order valence-electron chi connectivity index (χ3n) is 1.27. The Balaban J connectivity index is 3.23. The molecule has 1 rings (SSSR count). The highest BCUT2D eigenvalue weighted by Crippen LogP contribution is 2.30. The van der Waals surface area contributed by atoms with E-state index in [1.807, 2.05) is 0 Å². The van der Waals surface area contributed by atoms with Crippen molar-refractivity contribution in [3.8, 4) is 0 Å². The summed E-state index contributed by atoms with van der Waals surface area (Å²) >= 11 is 8.38. The van der Waals surface area contributed by atoms with E-state index in [0.717, 1.165) is 12.1 Å². The molecule has 1 aromatic carbocycles. The van der Waals surface area contributed by atoms with Crippen LogP contribution in [0.4, 0.5) is 13.2 Å². The van der Waals surface area contributed by atoms with Gasteiger partial charge in [0.15, 0.2) is 0 Å². The lowest BCUT2D eigenvalue weighted by Crippen LogP contribution is -1.90. The molecule has 0 saturated heterocycles. The van der Waals surface area contributed by atoms with Gasteiger partial charge in [-0.2, -0.15) is 0 Å². The van der Waals surface area contributed by atoms with E-state index < -0.39 is 17.8 Å². The summed E-state index contributed by atoms with van der Waals surface area (Å²) in [5.41, 5.74) is -0.647. The van der Waals surface area contributed by atoms with Gasteiger partial charge in [0.2, 0.25) is 0 Å². The Labute approximate surface area is 80.5 Å². The topological polar surface area (TPSA) is 0 Å². The normalized spacial score (nSPS) is 10.8. The Morgan fingerprint density at radius 3 is 2.42 bits per heavy atom. The summed E-state index contributed by atoms with van der Waals surface area (Å²) in [4.78, 5) is 0. The Kier molecular flexibility index (Phi) is 3.01. The van der Waals surface area contributed by atoms with Gasteiger partial charge in [-0.3, -0.25) is 0 Å². The number of hydrogen-bond acceptors (Lipinski definition) is 0. The maximum absolute atomic E-state index is 12.7. The van der Waals surface area contributed by atoms with Crippen molar-refractivity contribution in [1.29, 1.82) is 0 Å². The monoisotopic (exact) mass is 258 g/mol. The van der Waals surface area contributed by atoms with Crippen molar-refractivity contribution >= 4 is 27.5 Å². The molecule has 66 valence electrons. The van der Waals surface area contributed by atoms with Gasteiger partial charge >= 0.3 is 0 Å². The zero-order valence-corrected chi connectivity index (χ0v) is 7.96. The third-order valence-corrected chi connectivity index (χ3v) is 2.47. The first-order valence-electron chi connectivity index (χ1n) is 2.95. The smallest absolute Gasteiger partial charge is 0.206 e. The molecule has 0 aliphatic rings. The van der Waals surface area contributed by atoms with Crippen molar-refractivity contribution in [3.05, 3.63) is 33.0 Å². The zero-order valence-electron chi connectivity index (χ0n) is 5.62. The van der Waals surface area contributed by atoms with Crippen LogP contribution in [-0.4, -0.2) is 0 Å². The fraction of sp³-hybridized carbons (Fsp3) is 0.143. The number of rotatable bonds is 1. The summed E-state index contributed by atoms with van der Waals surface area (Å²) < 4.78 is 37.0. The number of benzene rings is 1. The van der Waals surface area contributed by atoms with E-state index in [2.05, 4.69) is 15.9 Å². The lowest BCUT2D eigenvalue weighted by atomic mass is 10.2. The second-order valence-electron chi connectivity index (χ2n) is 2.09. The molecule has 5 heteroatoms. The molecule has 0 heterocycles.